The Morgan fingerprint density at radius 2 is 2.05 bits per heavy atom. The number of hydrogen-bond donors (Lipinski definition) is 1. The highest BCUT2D eigenvalue weighted by atomic mass is 15.2. The Bertz CT molecular complexity index is 422. The first kappa shape index (κ1) is 15.5. The molecular formula is C17H29N3. The van der Waals surface area contributed by atoms with Gasteiger partial charge in [0.05, 0.1) is 11.4 Å². The molecule has 0 saturated carbocycles. The van der Waals surface area contributed by atoms with Gasteiger partial charge in [-0.25, -0.2) is 0 Å². The van der Waals surface area contributed by atoms with Crippen molar-refractivity contribution in [3.63, 3.8) is 0 Å². The number of rotatable bonds is 5. The van der Waals surface area contributed by atoms with Crippen LogP contribution in [-0.4, -0.2) is 28.0 Å². The molecule has 0 bridgehead atoms. The van der Waals surface area contributed by atoms with Crippen molar-refractivity contribution >= 4 is 0 Å². The Morgan fingerprint density at radius 1 is 1.30 bits per heavy atom. The van der Waals surface area contributed by atoms with Crippen molar-refractivity contribution in [2.24, 2.45) is 0 Å². The number of hydrogen-bond acceptors (Lipinski definition) is 3. The summed E-state index contributed by atoms with van der Waals surface area (Å²) in [4.78, 5) is 7.39. The lowest BCUT2D eigenvalue weighted by atomic mass is 10.1. The molecule has 1 aliphatic heterocycles. The van der Waals surface area contributed by atoms with Crippen LogP contribution in [0.3, 0.4) is 0 Å². The van der Waals surface area contributed by atoms with Crippen molar-refractivity contribution in [3.8, 4) is 0 Å². The van der Waals surface area contributed by atoms with Crippen LogP contribution in [0.1, 0.15) is 58.3 Å². The van der Waals surface area contributed by atoms with Gasteiger partial charge in [0, 0.05) is 24.7 Å². The summed E-state index contributed by atoms with van der Waals surface area (Å²) in [6.45, 7) is 11.9. The van der Waals surface area contributed by atoms with Gasteiger partial charge >= 0.3 is 0 Å². The number of pyridine rings is 1. The van der Waals surface area contributed by atoms with E-state index < -0.39 is 0 Å². The van der Waals surface area contributed by atoms with E-state index in [9.17, 15) is 0 Å². The molecule has 1 fully saturated rings. The molecule has 0 amide bonds. The molecule has 1 aromatic rings. The normalized spacial score (nSPS) is 20.5. The van der Waals surface area contributed by atoms with Gasteiger partial charge in [0.1, 0.15) is 0 Å². The molecule has 20 heavy (non-hydrogen) atoms. The Balaban J connectivity index is 1.95. The minimum atomic E-state index is 0.139. The Kier molecular flexibility index (Phi) is 5.17. The predicted octanol–water partition coefficient (Wildman–Crippen LogP) is 3.34. The van der Waals surface area contributed by atoms with Gasteiger partial charge in [-0.05, 0) is 58.7 Å². The van der Waals surface area contributed by atoms with Crippen LogP contribution in [0.15, 0.2) is 18.2 Å². The molecule has 1 aliphatic rings. The summed E-state index contributed by atoms with van der Waals surface area (Å²) < 4.78 is 0. The van der Waals surface area contributed by atoms with Gasteiger partial charge in [-0.2, -0.15) is 0 Å². The van der Waals surface area contributed by atoms with Crippen molar-refractivity contribution in [3.05, 3.63) is 29.6 Å². The third kappa shape index (κ3) is 4.57. The fraction of sp³-hybridized carbons (Fsp3) is 0.706. The number of aromatic nitrogens is 1. The van der Waals surface area contributed by atoms with E-state index in [1.54, 1.807) is 0 Å². The van der Waals surface area contributed by atoms with Crippen molar-refractivity contribution in [1.29, 1.82) is 0 Å². The number of likely N-dealkylation sites (tertiary alicyclic amines) is 1. The van der Waals surface area contributed by atoms with E-state index in [1.165, 1.54) is 31.5 Å². The molecular weight excluding hydrogens is 246 g/mol. The van der Waals surface area contributed by atoms with Crippen LogP contribution in [-0.2, 0) is 13.1 Å². The van der Waals surface area contributed by atoms with Gasteiger partial charge in [-0.15, -0.1) is 0 Å². The molecule has 3 heteroatoms. The molecule has 3 nitrogen and oxygen atoms in total. The lowest BCUT2D eigenvalue weighted by Crippen LogP contribution is -2.35. The topological polar surface area (TPSA) is 28.2 Å². The number of nitrogens with one attached hydrogen (secondary N) is 1. The smallest absolute Gasteiger partial charge is 0.0547 e. The van der Waals surface area contributed by atoms with Crippen molar-refractivity contribution in [2.45, 2.75) is 71.6 Å². The average molecular weight is 275 g/mol. The highest BCUT2D eigenvalue weighted by Gasteiger charge is 2.22. The second-order valence-electron chi connectivity index (χ2n) is 6.90. The average Bonchev–Trinajstić information content (AvgIpc) is 2.83. The maximum Gasteiger partial charge on any atom is 0.0547 e. The molecule has 1 aromatic heterocycles. The Hall–Kier alpha value is -0.930. The second kappa shape index (κ2) is 6.68. The van der Waals surface area contributed by atoms with Gasteiger partial charge in [-0.3, -0.25) is 9.88 Å². The predicted molar refractivity (Wildman–Crippen MR) is 84.6 cm³/mol. The summed E-state index contributed by atoms with van der Waals surface area (Å²) in [5.74, 6) is 0. The molecule has 1 saturated heterocycles. The van der Waals surface area contributed by atoms with Crippen LogP contribution < -0.4 is 5.32 Å². The zero-order valence-corrected chi connectivity index (χ0v) is 13.4. The monoisotopic (exact) mass is 275 g/mol. The van der Waals surface area contributed by atoms with Crippen molar-refractivity contribution in [2.75, 3.05) is 6.54 Å². The summed E-state index contributed by atoms with van der Waals surface area (Å²) in [6, 6.07) is 7.17. The standard InChI is InChI=1S/C17H29N3/c1-5-16-10-7-11-20(16)13-15-9-6-8-14(19-15)12-18-17(2,3)4/h6,8-9,16,18H,5,7,10-13H2,1-4H3. The molecule has 1 atom stereocenters. The highest BCUT2D eigenvalue weighted by molar-refractivity contribution is 5.12. The highest BCUT2D eigenvalue weighted by Crippen LogP contribution is 2.21. The van der Waals surface area contributed by atoms with Gasteiger partial charge < -0.3 is 5.32 Å². The molecule has 2 rings (SSSR count). The first-order valence-corrected chi connectivity index (χ1v) is 7.92. The third-order valence-electron chi connectivity index (χ3n) is 4.00. The van der Waals surface area contributed by atoms with Gasteiger partial charge in [0.15, 0.2) is 0 Å². The molecule has 2 heterocycles. The summed E-state index contributed by atoms with van der Waals surface area (Å²) >= 11 is 0. The minimum absolute atomic E-state index is 0.139. The van der Waals surface area contributed by atoms with Gasteiger partial charge in [-0.1, -0.05) is 13.0 Å². The molecule has 1 N–H and O–H groups in total. The first-order valence-electron chi connectivity index (χ1n) is 7.92. The van der Waals surface area contributed by atoms with E-state index in [0.29, 0.717) is 0 Å². The Labute approximate surface area is 123 Å². The maximum absolute atomic E-state index is 4.80. The van der Waals surface area contributed by atoms with Crippen LogP contribution in [0.5, 0.6) is 0 Å². The van der Waals surface area contributed by atoms with E-state index in [4.69, 9.17) is 4.98 Å². The summed E-state index contributed by atoms with van der Waals surface area (Å²) in [6.07, 6.45) is 3.94. The van der Waals surface area contributed by atoms with Gasteiger partial charge in [0.25, 0.3) is 0 Å². The number of nitrogens with zero attached hydrogens (tertiary/aromatic N) is 2. The van der Waals surface area contributed by atoms with E-state index >= 15 is 0 Å². The fourth-order valence-corrected chi connectivity index (χ4v) is 2.85. The molecule has 0 radical (unpaired) electrons. The van der Waals surface area contributed by atoms with Crippen molar-refractivity contribution < 1.29 is 0 Å². The summed E-state index contributed by atoms with van der Waals surface area (Å²) in [5, 5.41) is 3.50. The Morgan fingerprint density at radius 3 is 2.75 bits per heavy atom. The fourth-order valence-electron chi connectivity index (χ4n) is 2.85. The van der Waals surface area contributed by atoms with E-state index in [1.807, 2.05) is 0 Å². The van der Waals surface area contributed by atoms with Crippen molar-refractivity contribution in [1.82, 2.24) is 15.2 Å². The third-order valence-corrected chi connectivity index (χ3v) is 4.00. The van der Waals surface area contributed by atoms with Crippen LogP contribution in [0.2, 0.25) is 0 Å². The molecule has 1 unspecified atom stereocenters. The van der Waals surface area contributed by atoms with Crippen LogP contribution in [0.25, 0.3) is 0 Å². The maximum atomic E-state index is 4.80. The van der Waals surface area contributed by atoms with E-state index in [0.717, 1.165) is 24.8 Å². The molecule has 112 valence electrons. The van der Waals surface area contributed by atoms with E-state index in [-0.39, 0.29) is 5.54 Å². The summed E-state index contributed by atoms with van der Waals surface area (Å²) in [7, 11) is 0. The van der Waals surface area contributed by atoms with E-state index in [2.05, 4.69) is 56.1 Å². The quantitative estimate of drug-likeness (QED) is 0.893. The van der Waals surface area contributed by atoms with Crippen LogP contribution >= 0.6 is 0 Å². The van der Waals surface area contributed by atoms with Crippen LogP contribution in [0, 0.1) is 0 Å². The zero-order valence-electron chi connectivity index (χ0n) is 13.4. The van der Waals surface area contributed by atoms with Gasteiger partial charge in [0.2, 0.25) is 0 Å². The van der Waals surface area contributed by atoms with Crippen LogP contribution in [0.4, 0.5) is 0 Å². The molecule has 0 aromatic carbocycles. The minimum Gasteiger partial charge on any atom is -0.306 e. The lowest BCUT2D eigenvalue weighted by Gasteiger charge is -2.23. The second-order valence-corrected chi connectivity index (χ2v) is 6.90. The largest absolute Gasteiger partial charge is 0.306 e. The summed E-state index contributed by atoms with van der Waals surface area (Å²) in [5.41, 5.74) is 2.49. The first-order chi connectivity index (χ1) is 9.48. The molecule has 0 aliphatic carbocycles. The SMILES string of the molecule is CCC1CCCN1Cc1cccc(CNC(C)(C)C)n1. The lowest BCUT2D eigenvalue weighted by molar-refractivity contribution is 0.237. The molecule has 0 spiro atoms. The zero-order chi connectivity index (χ0) is 14.6.